The lowest BCUT2D eigenvalue weighted by molar-refractivity contribution is -0.124. The maximum Gasteiger partial charge on any atom is 0.407 e. The van der Waals surface area contributed by atoms with Crippen molar-refractivity contribution in [2.45, 2.75) is 43.1 Å². The lowest BCUT2D eigenvalue weighted by Crippen LogP contribution is -2.49. The molecule has 1 heterocycles. The van der Waals surface area contributed by atoms with E-state index in [2.05, 4.69) is 10.6 Å². The Kier molecular flexibility index (Phi) is 11.8. The first kappa shape index (κ1) is 35.2. The molecule has 15 heteroatoms. The minimum Gasteiger partial charge on any atom is -0.448 e. The number of hydrogen-bond acceptors (Lipinski definition) is 7. The van der Waals surface area contributed by atoms with Crippen LogP contribution in [0.15, 0.2) is 60.7 Å². The summed E-state index contributed by atoms with van der Waals surface area (Å²) in [7, 11) is 0. The van der Waals surface area contributed by atoms with Crippen LogP contribution in [0, 0.1) is 28.8 Å². The van der Waals surface area contributed by atoms with E-state index in [1.54, 1.807) is 17.4 Å². The molecule has 0 radical (unpaired) electrons. The zero-order valence-electron chi connectivity index (χ0n) is 24.8. The van der Waals surface area contributed by atoms with Crippen LogP contribution in [-0.2, 0) is 20.7 Å². The van der Waals surface area contributed by atoms with E-state index in [9.17, 15) is 31.5 Å². The molecular weight excluding hydrogens is 632 g/mol. The van der Waals surface area contributed by atoms with E-state index < -0.39 is 66.3 Å². The van der Waals surface area contributed by atoms with Gasteiger partial charge in [-0.05, 0) is 60.4 Å². The fourth-order valence-corrected chi connectivity index (χ4v) is 5.04. The first-order chi connectivity index (χ1) is 22.3. The molecule has 5 N–H and O–H groups in total. The van der Waals surface area contributed by atoms with Crippen molar-refractivity contribution in [2.75, 3.05) is 31.6 Å². The van der Waals surface area contributed by atoms with Gasteiger partial charge in [-0.25, -0.2) is 18.0 Å². The van der Waals surface area contributed by atoms with Crippen molar-refractivity contribution in [1.29, 1.82) is 5.26 Å². The van der Waals surface area contributed by atoms with Gasteiger partial charge in [0, 0.05) is 23.7 Å². The molecule has 4 rings (SSSR count). The molecule has 0 spiro atoms. The van der Waals surface area contributed by atoms with Crippen LogP contribution in [0.5, 0.6) is 0 Å². The Morgan fingerprint density at radius 2 is 1.77 bits per heavy atom. The first-order valence-corrected chi connectivity index (χ1v) is 14.5. The number of morpholine rings is 1. The Bertz CT molecular complexity index is 1590. The highest BCUT2D eigenvalue weighted by atomic mass is 19.4. The fourth-order valence-electron chi connectivity index (χ4n) is 5.04. The standard InChI is InChI=1S/C32H31F6N5O4/c33-24-2-1-3-27(23(24)10-9-22-14-41-21(15-46-22)16-47-31(45)42-17-32(36,37)38)43-30(44)29(40)28(19-6-4-18(13-39)5-7-19)20-8-11-25(34)26(35)12-20/h1-8,11-12,21-22,28-29,41H,9-10,14-17,40H2,(H,42,45)(H,43,44)/t21-,22+,28+,29-/m0/s1. The molecule has 1 saturated heterocycles. The Balaban J connectivity index is 1.38. The van der Waals surface area contributed by atoms with Crippen LogP contribution in [0.25, 0.3) is 0 Å². The predicted molar refractivity (Wildman–Crippen MR) is 158 cm³/mol. The lowest BCUT2D eigenvalue weighted by Gasteiger charge is -2.30. The number of nitrogens with two attached hydrogens (primary N) is 1. The number of nitrogens with zero attached hydrogens (tertiary/aromatic N) is 1. The third-order valence-corrected chi connectivity index (χ3v) is 7.47. The Morgan fingerprint density at radius 3 is 2.40 bits per heavy atom. The number of amides is 2. The zero-order chi connectivity index (χ0) is 34.1. The second-order valence-corrected chi connectivity index (χ2v) is 10.8. The minimum atomic E-state index is -4.56. The van der Waals surface area contributed by atoms with E-state index in [0.29, 0.717) is 17.5 Å². The lowest BCUT2D eigenvalue weighted by atomic mass is 9.84. The summed E-state index contributed by atoms with van der Waals surface area (Å²) in [4.78, 5) is 24.9. The van der Waals surface area contributed by atoms with E-state index in [4.69, 9.17) is 20.5 Å². The number of hydrogen-bond donors (Lipinski definition) is 4. The number of nitriles is 1. The van der Waals surface area contributed by atoms with E-state index >= 15 is 4.39 Å². The molecule has 0 bridgehead atoms. The monoisotopic (exact) mass is 663 g/mol. The average Bonchev–Trinajstić information content (AvgIpc) is 3.04. The van der Waals surface area contributed by atoms with Crippen molar-refractivity contribution >= 4 is 17.7 Å². The van der Waals surface area contributed by atoms with Crippen molar-refractivity contribution in [3.05, 3.63) is 100 Å². The van der Waals surface area contributed by atoms with Crippen LogP contribution in [0.4, 0.5) is 36.8 Å². The van der Waals surface area contributed by atoms with Gasteiger partial charge < -0.3 is 31.2 Å². The summed E-state index contributed by atoms with van der Waals surface area (Å²) < 4.78 is 90.1. The third kappa shape index (κ3) is 9.92. The van der Waals surface area contributed by atoms with Gasteiger partial charge in [0.1, 0.15) is 19.0 Å². The first-order valence-electron chi connectivity index (χ1n) is 14.5. The smallest absolute Gasteiger partial charge is 0.407 e. The quantitative estimate of drug-likeness (QED) is 0.219. The summed E-state index contributed by atoms with van der Waals surface area (Å²) in [5, 5.41) is 16.5. The van der Waals surface area contributed by atoms with Gasteiger partial charge in [-0.2, -0.15) is 18.4 Å². The summed E-state index contributed by atoms with van der Waals surface area (Å²) in [6, 6.07) is 13.6. The van der Waals surface area contributed by atoms with Crippen LogP contribution >= 0.6 is 0 Å². The van der Waals surface area contributed by atoms with E-state index in [-0.39, 0.29) is 43.0 Å². The van der Waals surface area contributed by atoms with Crippen LogP contribution in [0.1, 0.15) is 34.6 Å². The van der Waals surface area contributed by atoms with Crippen molar-refractivity contribution in [2.24, 2.45) is 5.73 Å². The van der Waals surface area contributed by atoms with Crippen LogP contribution in [0.3, 0.4) is 0 Å². The largest absolute Gasteiger partial charge is 0.448 e. The normalized spacial score (nSPS) is 17.7. The summed E-state index contributed by atoms with van der Waals surface area (Å²) >= 11 is 0. The molecule has 3 aromatic rings. The number of alkyl carbamates (subject to hydrolysis) is 1. The topological polar surface area (TPSA) is 138 Å². The van der Waals surface area contributed by atoms with Crippen LogP contribution < -0.4 is 21.7 Å². The van der Waals surface area contributed by atoms with Gasteiger partial charge in [-0.3, -0.25) is 4.79 Å². The molecule has 0 aliphatic carbocycles. The number of carbonyl (C=O) groups is 2. The summed E-state index contributed by atoms with van der Waals surface area (Å²) in [5.41, 5.74) is 7.74. The highest BCUT2D eigenvalue weighted by molar-refractivity contribution is 5.96. The molecule has 4 atom stereocenters. The van der Waals surface area contributed by atoms with Crippen LogP contribution in [0.2, 0.25) is 0 Å². The van der Waals surface area contributed by atoms with Crippen molar-refractivity contribution in [3.63, 3.8) is 0 Å². The number of ether oxygens (including phenoxy) is 2. The summed E-state index contributed by atoms with van der Waals surface area (Å²) in [5.74, 6) is -4.49. The van der Waals surface area contributed by atoms with Crippen molar-refractivity contribution < 1.29 is 45.4 Å². The van der Waals surface area contributed by atoms with Gasteiger partial charge in [0.05, 0.1) is 36.4 Å². The van der Waals surface area contributed by atoms with Crippen LogP contribution in [-0.4, -0.2) is 62.7 Å². The molecular formula is C32H31F6N5O4. The molecule has 0 saturated carbocycles. The number of benzene rings is 3. The molecule has 0 unspecified atom stereocenters. The fraction of sp³-hybridized carbons (Fsp3) is 0.344. The summed E-state index contributed by atoms with van der Waals surface area (Å²) in [6.45, 7) is -1.39. The van der Waals surface area contributed by atoms with Gasteiger partial charge in [0.15, 0.2) is 11.6 Å². The molecule has 9 nitrogen and oxygen atoms in total. The number of rotatable bonds is 11. The number of alkyl halides is 3. The minimum absolute atomic E-state index is 0.0770. The highest BCUT2D eigenvalue weighted by Crippen LogP contribution is 2.30. The molecule has 0 aromatic heterocycles. The van der Waals surface area contributed by atoms with Gasteiger partial charge in [0.2, 0.25) is 5.91 Å². The van der Waals surface area contributed by atoms with E-state index in [1.807, 2.05) is 6.07 Å². The zero-order valence-corrected chi connectivity index (χ0v) is 24.8. The number of nitrogens with one attached hydrogen (secondary N) is 3. The van der Waals surface area contributed by atoms with E-state index in [0.717, 1.165) is 12.1 Å². The van der Waals surface area contributed by atoms with Crippen molar-refractivity contribution in [1.82, 2.24) is 10.6 Å². The second kappa shape index (κ2) is 15.8. The van der Waals surface area contributed by atoms with Gasteiger partial charge >= 0.3 is 12.3 Å². The third-order valence-electron chi connectivity index (χ3n) is 7.47. The average molecular weight is 664 g/mol. The second-order valence-electron chi connectivity index (χ2n) is 10.8. The number of anilines is 1. The molecule has 1 fully saturated rings. The van der Waals surface area contributed by atoms with Gasteiger partial charge in [-0.1, -0.05) is 24.3 Å². The van der Waals surface area contributed by atoms with Gasteiger partial charge in [-0.15, -0.1) is 0 Å². The summed E-state index contributed by atoms with van der Waals surface area (Å²) in [6.07, 6.45) is -5.73. The Labute approximate surface area is 266 Å². The Morgan fingerprint density at radius 1 is 1.04 bits per heavy atom. The molecule has 2 amide bonds. The maximum absolute atomic E-state index is 15.0. The van der Waals surface area contributed by atoms with Crippen molar-refractivity contribution in [3.8, 4) is 6.07 Å². The molecule has 250 valence electrons. The van der Waals surface area contributed by atoms with Gasteiger partial charge in [0.25, 0.3) is 0 Å². The SMILES string of the molecule is N#Cc1ccc([C@H](c2ccc(F)c(F)c2)[C@H](N)C(=O)Nc2cccc(F)c2CC[C@@H]2CN[C@H](COC(=O)NCC(F)(F)F)CO2)cc1. The number of carbonyl (C=O) groups excluding carboxylic acids is 2. The predicted octanol–water partition coefficient (Wildman–Crippen LogP) is 4.65. The molecule has 47 heavy (non-hydrogen) atoms. The molecule has 1 aliphatic rings. The van der Waals surface area contributed by atoms with E-state index in [1.165, 1.54) is 36.4 Å². The highest BCUT2D eigenvalue weighted by Gasteiger charge is 2.31. The Hall–Kier alpha value is -4.65. The molecule has 1 aliphatic heterocycles. The molecule has 3 aromatic carbocycles. The maximum atomic E-state index is 15.0. The number of halogens is 6.